The maximum Gasteiger partial charge on any atom is 0.287 e. The van der Waals surface area contributed by atoms with Gasteiger partial charge in [-0.25, -0.2) is 0 Å². The van der Waals surface area contributed by atoms with Crippen molar-refractivity contribution in [2.75, 3.05) is 26.7 Å². The van der Waals surface area contributed by atoms with Gasteiger partial charge in [0, 0.05) is 17.5 Å². The third-order valence-corrected chi connectivity index (χ3v) is 5.84. The van der Waals surface area contributed by atoms with Crippen LogP contribution in [0.4, 0.5) is 0 Å². The summed E-state index contributed by atoms with van der Waals surface area (Å²) in [6.45, 7) is 6.61. The Balaban J connectivity index is 0.00000256. The molecule has 1 unspecified atom stereocenters. The topological polar surface area (TPSA) is 54.7 Å². The molecule has 1 atom stereocenters. The van der Waals surface area contributed by atoms with E-state index in [9.17, 15) is 4.79 Å². The molecular weight excluding hydrogens is 400 g/mol. The molecule has 3 aromatic rings. The molecule has 4 rings (SSSR count). The number of amides is 1. The Bertz CT molecular complexity index is 1010. The Hall–Kier alpha value is -2.50. The van der Waals surface area contributed by atoms with E-state index in [1.165, 1.54) is 18.4 Å². The minimum absolute atomic E-state index is 0. The Labute approximate surface area is 183 Å². The molecule has 2 aromatic carbocycles. The average Bonchev–Trinajstić information content (AvgIpc) is 3.37. The van der Waals surface area contributed by atoms with Gasteiger partial charge in [-0.1, -0.05) is 24.3 Å². The van der Waals surface area contributed by atoms with Crippen LogP contribution in [-0.4, -0.2) is 37.6 Å². The van der Waals surface area contributed by atoms with Crippen LogP contribution in [-0.2, 0) is 0 Å². The van der Waals surface area contributed by atoms with Gasteiger partial charge in [0.15, 0.2) is 5.76 Å². The number of nitrogens with one attached hydrogen (secondary N) is 1. The summed E-state index contributed by atoms with van der Waals surface area (Å²) in [6, 6.07) is 14.3. The van der Waals surface area contributed by atoms with Gasteiger partial charge in [0.2, 0.25) is 0 Å². The second kappa shape index (κ2) is 9.54. The predicted octanol–water partition coefficient (Wildman–Crippen LogP) is 5.05. The summed E-state index contributed by atoms with van der Waals surface area (Å²) in [4.78, 5) is 15.4. The van der Waals surface area contributed by atoms with Crippen LogP contribution in [0.5, 0.6) is 5.75 Å². The number of rotatable bonds is 6. The monoisotopic (exact) mass is 428 g/mol. The van der Waals surface area contributed by atoms with Crippen molar-refractivity contribution in [1.82, 2.24) is 10.2 Å². The fraction of sp³-hybridized carbons (Fsp3) is 0.375. The fourth-order valence-corrected chi connectivity index (χ4v) is 4.16. The summed E-state index contributed by atoms with van der Waals surface area (Å²) in [5.74, 6) is 1.08. The van der Waals surface area contributed by atoms with Crippen molar-refractivity contribution < 1.29 is 13.9 Å². The van der Waals surface area contributed by atoms with E-state index in [2.05, 4.69) is 22.3 Å². The second-order valence-electron chi connectivity index (χ2n) is 7.80. The van der Waals surface area contributed by atoms with Gasteiger partial charge in [0.25, 0.3) is 5.91 Å². The molecule has 160 valence electrons. The maximum absolute atomic E-state index is 12.9. The van der Waals surface area contributed by atoms with Crippen LogP contribution >= 0.6 is 12.4 Å². The molecule has 2 heterocycles. The van der Waals surface area contributed by atoms with Crippen molar-refractivity contribution in [3.63, 3.8) is 0 Å². The van der Waals surface area contributed by atoms with Crippen molar-refractivity contribution in [2.24, 2.45) is 0 Å². The maximum atomic E-state index is 12.9. The highest BCUT2D eigenvalue weighted by atomic mass is 35.5. The molecule has 1 saturated heterocycles. The lowest BCUT2D eigenvalue weighted by molar-refractivity contribution is 0.0911. The number of aryl methyl sites for hydroxylation is 2. The van der Waals surface area contributed by atoms with E-state index in [-0.39, 0.29) is 24.4 Å². The zero-order chi connectivity index (χ0) is 20.4. The van der Waals surface area contributed by atoms with E-state index in [0.29, 0.717) is 12.3 Å². The minimum Gasteiger partial charge on any atom is -0.497 e. The number of benzene rings is 2. The Kier molecular flexibility index (Phi) is 7.06. The van der Waals surface area contributed by atoms with Crippen molar-refractivity contribution in [2.45, 2.75) is 32.7 Å². The number of halogens is 1. The highest BCUT2D eigenvalue weighted by molar-refractivity contribution is 5.99. The summed E-state index contributed by atoms with van der Waals surface area (Å²) in [6.07, 6.45) is 2.39. The van der Waals surface area contributed by atoms with Crippen molar-refractivity contribution in [3.05, 3.63) is 64.9 Å². The SMILES string of the molecule is COc1ccc(C(CNC(=O)c2oc3cc(C)ccc3c2C)N2CCCC2)cc1.Cl. The molecule has 0 bridgehead atoms. The van der Waals surface area contributed by atoms with E-state index < -0.39 is 0 Å². The highest BCUT2D eigenvalue weighted by Crippen LogP contribution is 2.28. The summed E-state index contributed by atoms with van der Waals surface area (Å²) in [5, 5.41) is 4.11. The van der Waals surface area contributed by atoms with Gasteiger partial charge in [-0.05, 0) is 69.1 Å². The number of hydrogen-bond acceptors (Lipinski definition) is 4. The molecule has 1 amide bonds. The highest BCUT2D eigenvalue weighted by Gasteiger charge is 2.25. The number of carbonyl (C=O) groups is 1. The molecule has 0 aliphatic carbocycles. The first-order valence-corrected chi connectivity index (χ1v) is 10.2. The first-order valence-electron chi connectivity index (χ1n) is 10.2. The zero-order valence-electron chi connectivity index (χ0n) is 17.7. The van der Waals surface area contributed by atoms with Gasteiger partial charge in [-0.15, -0.1) is 12.4 Å². The zero-order valence-corrected chi connectivity index (χ0v) is 18.6. The number of fused-ring (bicyclic) bond motifs is 1. The summed E-state index contributed by atoms with van der Waals surface area (Å²) >= 11 is 0. The summed E-state index contributed by atoms with van der Waals surface area (Å²) in [7, 11) is 1.67. The number of nitrogens with zero attached hydrogens (tertiary/aromatic N) is 1. The number of hydrogen-bond donors (Lipinski definition) is 1. The number of ether oxygens (including phenoxy) is 1. The van der Waals surface area contributed by atoms with Crippen LogP contribution in [0.2, 0.25) is 0 Å². The van der Waals surface area contributed by atoms with E-state index in [0.717, 1.165) is 40.9 Å². The van der Waals surface area contributed by atoms with E-state index in [4.69, 9.17) is 9.15 Å². The Morgan fingerprint density at radius 2 is 1.83 bits per heavy atom. The molecule has 0 radical (unpaired) electrons. The van der Waals surface area contributed by atoms with Crippen LogP contribution in [0.25, 0.3) is 11.0 Å². The largest absolute Gasteiger partial charge is 0.497 e. The van der Waals surface area contributed by atoms with Crippen molar-refractivity contribution in [3.8, 4) is 5.75 Å². The quantitative estimate of drug-likeness (QED) is 0.597. The summed E-state index contributed by atoms with van der Waals surface area (Å²) < 4.78 is 11.2. The number of carbonyl (C=O) groups excluding carboxylic acids is 1. The lowest BCUT2D eigenvalue weighted by Gasteiger charge is -2.28. The Morgan fingerprint density at radius 1 is 1.13 bits per heavy atom. The molecule has 1 aromatic heterocycles. The molecule has 1 N–H and O–H groups in total. The van der Waals surface area contributed by atoms with Crippen LogP contribution in [0.1, 0.15) is 46.1 Å². The third kappa shape index (κ3) is 4.47. The molecule has 5 nitrogen and oxygen atoms in total. The van der Waals surface area contributed by atoms with Gasteiger partial charge in [-0.3, -0.25) is 9.69 Å². The van der Waals surface area contributed by atoms with Gasteiger partial charge in [-0.2, -0.15) is 0 Å². The van der Waals surface area contributed by atoms with Crippen molar-refractivity contribution in [1.29, 1.82) is 0 Å². The molecule has 1 aliphatic heterocycles. The number of methoxy groups -OCH3 is 1. The van der Waals surface area contributed by atoms with E-state index in [1.807, 2.05) is 44.2 Å². The lowest BCUT2D eigenvalue weighted by Crippen LogP contribution is -2.36. The Morgan fingerprint density at radius 3 is 2.50 bits per heavy atom. The average molecular weight is 429 g/mol. The standard InChI is InChI=1S/C24H28N2O3.ClH/c1-16-6-11-20-17(2)23(29-22(20)14-16)24(27)25-15-21(26-12-4-5-13-26)18-7-9-19(28-3)10-8-18;/h6-11,14,21H,4-5,12-13,15H2,1-3H3,(H,25,27);1H. The van der Waals surface area contributed by atoms with Gasteiger partial charge in [0.1, 0.15) is 11.3 Å². The van der Waals surface area contributed by atoms with Gasteiger partial charge < -0.3 is 14.5 Å². The third-order valence-electron chi connectivity index (χ3n) is 5.84. The number of furan rings is 1. The molecule has 30 heavy (non-hydrogen) atoms. The van der Waals surface area contributed by atoms with Crippen LogP contribution < -0.4 is 10.1 Å². The smallest absolute Gasteiger partial charge is 0.287 e. The predicted molar refractivity (Wildman–Crippen MR) is 122 cm³/mol. The minimum atomic E-state index is -0.158. The lowest BCUT2D eigenvalue weighted by atomic mass is 10.0. The van der Waals surface area contributed by atoms with Crippen LogP contribution in [0, 0.1) is 13.8 Å². The first-order chi connectivity index (χ1) is 14.1. The van der Waals surface area contributed by atoms with Crippen LogP contribution in [0.15, 0.2) is 46.9 Å². The molecule has 1 aliphatic rings. The van der Waals surface area contributed by atoms with Gasteiger partial charge in [0.05, 0.1) is 13.2 Å². The molecule has 1 fully saturated rings. The first kappa shape index (κ1) is 22.2. The molecular formula is C24H29ClN2O3. The van der Waals surface area contributed by atoms with E-state index >= 15 is 0 Å². The molecule has 6 heteroatoms. The second-order valence-corrected chi connectivity index (χ2v) is 7.80. The molecule has 0 spiro atoms. The fourth-order valence-electron chi connectivity index (χ4n) is 4.16. The van der Waals surface area contributed by atoms with Crippen molar-refractivity contribution >= 4 is 29.3 Å². The normalized spacial score (nSPS) is 15.0. The molecule has 0 saturated carbocycles. The number of likely N-dealkylation sites (tertiary alicyclic amines) is 1. The van der Waals surface area contributed by atoms with Crippen LogP contribution in [0.3, 0.4) is 0 Å². The van der Waals surface area contributed by atoms with E-state index in [1.54, 1.807) is 7.11 Å². The summed E-state index contributed by atoms with van der Waals surface area (Å²) in [5.41, 5.74) is 3.95. The van der Waals surface area contributed by atoms with Gasteiger partial charge >= 0.3 is 0 Å².